The third-order valence-electron chi connectivity index (χ3n) is 4.40. The van der Waals surface area contributed by atoms with Crippen molar-refractivity contribution in [1.29, 1.82) is 0 Å². The summed E-state index contributed by atoms with van der Waals surface area (Å²) in [5.41, 5.74) is 0.758. The van der Waals surface area contributed by atoms with Crippen molar-refractivity contribution in [3.8, 4) is 0 Å². The van der Waals surface area contributed by atoms with E-state index in [0.717, 1.165) is 16.8 Å². The van der Waals surface area contributed by atoms with Gasteiger partial charge in [0.2, 0.25) is 15.9 Å². The number of halogens is 2. The number of sulfone groups is 1. The minimum absolute atomic E-state index is 0.0967. The van der Waals surface area contributed by atoms with Crippen molar-refractivity contribution < 1.29 is 21.6 Å². The van der Waals surface area contributed by atoms with Gasteiger partial charge in [0.1, 0.15) is 6.04 Å². The van der Waals surface area contributed by atoms with Crippen LogP contribution in [0.2, 0.25) is 10.0 Å². The standard InChI is InChI=1S/C19H22Cl2N2O5S2/c1-12(14-5-8-16(9-6-14)29(3,25)26)22-19(24)13(2)23(30(4,27)28)18-11-15(20)7-10-17(18)21/h5-13H,1-4H3,(H,22,24). The van der Waals surface area contributed by atoms with E-state index in [9.17, 15) is 21.6 Å². The van der Waals surface area contributed by atoms with Crippen LogP contribution in [0.15, 0.2) is 47.4 Å². The number of amides is 1. The monoisotopic (exact) mass is 492 g/mol. The Morgan fingerprint density at radius 2 is 1.53 bits per heavy atom. The fourth-order valence-electron chi connectivity index (χ4n) is 2.86. The molecule has 0 spiro atoms. The quantitative estimate of drug-likeness (QED) is 0.637. The smallest absolute Gasteiger partial charge is 0.244 e. The fraction of sp³-hybridized carbons (Fsp3) is 0.316. The summed E-state index contributed by atoms with van der Waals surface area (Å²) in [6.07, 6.45) is 2.08. The third kappa shape index (κ3) is 5.87. The fourth-order valence-corrected chi connectivity index (χ4v) is 5.09. The van der Waals surface area contributed by atoms with Crippen molar-refractivity contribution in [2.45, 2.75) is 30.8 Å². The highest BCUT2D eigenvalue weighted by molar-refractivity contribution is 7.92. The van der Waals surface area contributed by atoms with E-state index >= 15 is 0 Å². The van der Waals surface area contributed by atoms with Gasteiger partial charge in [-0.1, -0.05) is 35.3 Å². The van der Waals surface area contributed by atoms with Gasteiger partial charge < -0.3 is 5.32 Å². The van der Waals surface area contributed by atoms with Crippen molar-refractivity contribution in [1.82, 2.24) is 5.32 Å². The highest BCUT2D eigenvalue weighted by Gasteiger charge is 2.31. The molecule has 0 bridgehead atoms. The Morgan fingerprint density at radius 3 is 2.03 bits per heavy atom. The van der Waals surface area contributed by atoms with Gasteiger partial charge in [0.05, 0.1) is 27.9 Å². The van der Waals surface area contributed by atoms with E-state index in [-0.39, 0.29) is 20.6 Å². The number of nitrogens with one attached hydrogen (secondary N) is 1. The Balaban J connectivity index is 2.28. The van der Waals surface area contributed by atoms with Crippen LogP contribution in [0.1, 0.15) is 25.5 Å². The Bertz CT molecular complexity index is 1150. The molecule has 0 heterocycles. The molecular formula is C19H22Cl2N2O5S2. The van der Waals surface area contributed by atoms with Crippen LogP contribution in [-0.4, -0.2) is 41.3 Å². The van der Waals surface area contributed by atoms with Crippen molar-refractivity contribution in [3.63, 3.8) is 0 Å². The van der Waals surface area contributed by atoms with E-state index in [1.807, 2.05) is 0 Å². The van der Waals surface area contributed by atoms with Crippen LogP contribution in [0.25, 0.3) is 0 Å². The van der Waals surface area contributed by atoms with Gasteiger partial charge >= 0.3 is 0 Å². The molecule has 164 valence electrons. The molecule has 11 heteroatoms. The normalized spacial score (nSPS) is 14.1. The zero-order valence-corrected chi connectivity index (χ0v) is 19.9. The molecule has 2 aromatic rings. The van der Waals surface area contributed by atoms with Crippen molar-refractivity contribution in [2.24, 2.45) is 0 Å². The van der Waals surface area contributed by atoms with Crippen LogP contribution in [0.3, 0.4) is 0 Å². The van der Waals surface area contributed by atoms with E-state index in [1.165, 1.54) is 37.3 Å². The molecule has 2 atom stereocenters. The molecule has 2 unspecified atom stereocenters. The van der Waals surface area contributed by atoms with Gasteiger partial charge in [-0.2, -0.15) is 0 Å². The van der Waals surface area contributed by atoms with Gasteiger partial charge in [-0.05, 0) is 49.7 Å². The zero-order valence-electron chi connectivity index (χ0n) is 16.8. The Kier molecular flexibility index (Phi) is 7.45. The first-order valence-electron chi connectivity index (χ1n) is 8.76. The number of benzene rings is 2. The molecule has 2 aromatic carbocycles. The largest absolute Gasteiger partial charge is 0.348 e. The second-order valence-electron chi connectivity index (χ2n) is 6.90. The molecule has 1 amide bonds. The van der Waals surface area contributed by atoms with Crippen molar-refractivity contribution in [2.75, 3.05) is 16.8 Å². The van der Waals surface area contributed by atoms with Crippen LogP contribution < -0.4 is 9.62 Å². The Labute approximate surface area is 187 Å². The molecular weight excluding hydrogens is 471 g/mol. The van der Waals surface area contributed by atoms with Gasteiger partial charge in [-0.25, -0.2) is 16.8 Å². The first-order chi connectivity index (χ1) is 13.7. The summed E-state index contributed by atoms with van der Waals surface area (Å²) in [6, 6.07) is 8.81. The summed E-state index contributed by atoms with van der Waals surface area (Å²) in [5.74, 6) is -0.559. The van der Waals surface area contributed by atoms with Crippen LogP contribution in [-0.2, 0) is 24.7 Å². The van der Waals surface area contributed by atoms with Crippen LogP contribution >= 0.6 is 23.2 Å². The third-order valence-corrected chi connectivity index (χ3v) is 7.31. The summed E-state index contributed by atoms with van der Waals surface area (Å²) in [5, 5.41) is 3.15. The topological polar surface area (TPSA) is 101 Å². The number of anilines is 1. The molecule has 0 aliphatic carbocycles. The average Bonchev–Trinajstić information content (AvgIpc) is 2.62. The molecule has 0 aromatic heterocycles. The first kappa shape index (κ1) is 24.5. The molecule has 30 heavy (non-hydrogen) atoms. The highest BCUT2D eigenvalue weighted by atomic mass is 35.5. The minimum atomic E-state index is -3.86. The highest BCUT2D eigenvalue weighted by Crippen LogP contribution is 2.32. The number of carbonyl (C=O) groups excluding carboxylic acids is 1. The molecule has 0 radical (unpaired) electrons. The summed E-state index contributed by atoms with van der Waals surface area (Å²) in [4.78, 5) is 13.0. The Morgan fingerprint density at radius 1 is 0.967 bits per heavy atom. The molecule has 0 saturated heterocycles. The number of carbonyl (C=O) groups is 1. The average molecular weight is 493 g/mol. The van der Waals surface area contributed by atoms with Crippen LogP contribution in [0, 0.1) is 0 Å². The summed E-state index contributed by atoms with van der Waals surface area (Å²) in [6.45, 7) is 3.14. The maximum Gasteiger partial charge on any atom is 0.244 e. The van der Waals surface area contributed by atoms with E-state index in [0.29, 0.717) is 5.56 Å². The molecule has 1 N–H and O–H groups in total. The summed E-state index contributed by atoms with van der Waals surface area (Å²) < 4.78 is 48.9. The van der Waals surface area contributed by atoms with Crippen molar-refractivity contribution in [3.05, 3.63) is 58.1 Å². The van der Waals surface area contributed by atoms with Gasteiger partial charge in [-0.3, -0.25) is 9.10 Å². The predicted molar refractivity (Wildman–Crippen MR) is 119 cm³/mol. The molecule has 0 aliphatic heterocycles. The van der Waals surface area contributed by atoms with Crippen molar-refractivity contribution >= 4 is 54.7 Å². The molecule has 0 fully saturated rings. The number of hydrogen-bond acceptors (Lipinski definition) is 5. The molecule has 0 saturated carbocycles. The maximum atomic E-state index is 12.8. The zero-order chi connectivity index (χ0) is 22.9. The minimum Gasteiger partial charge on any atom is -0.348 e. The number of nitrogens with zero attached hydrogens (tertiary/aromatic N) is 1. The molecule has 7 nitrogen and oxygen atoms in total. The summed E-state index contributed by atoms with van der Waals surface area (Å²) >= 11 is 12.1. The summed E-state index contributed by atoms with van der Waals surface area (Å²) in [7, 11) is -7.19. The molecule has 2 rings (SSSR count). The second-order valence-corrected chi connectivity index (χ2v) is 11.6. The number of rotatable bonds is 7. The first-order valence-corrected chi connectivity index (χ1v) is 13.3. The van der Waals surface area contributed by atoms with Gasteiger partial charge in [0.15, 0.2) is 9.84 Å². The lowest BCUT2D eigenvalue weighted by Crippen LogP contribution is -2.48. The van der Waals surface area contributed by atoms with E-state index in [4.69, 9.17) is 23.2 Å². The number of sulfonamides is 1. The number of hydrogen-bond donors (Lipinski definition) is 1. The van der Waals surface area contributed by atoms with E-state index in [1.54, 1.807) is 19.1 Å². The predicted octanol–water partition coefficient (Wildman–Crippen LogP) is 3.43. The SMILES string of the molecule is CC(NC(=O)C(C)N(c1cc(Cl)ccc1Cl)S(C)(=O)=O)c1ccc(S(C)(=O)=O)cc1. The van der Waals surface area contributed by atoms with Gasteiger partial charge in [0, 0.05) is 11.3 Å². The maximum absolute atomic E-state index is 12.8. The van der Waals surface area contributed by atoms with Gasteiger partial charge in [0.25, 0.3) is 0 Å². The second kappa shape index (κ2) is 9.13. The van der Waals surface area contributed by atoms with Gasteiger partial charge in [-0.15, -0.1) is 0 Å². The molecule has 0 aliphatic rings. The van der Waals surface area contributed by atoms with E-state index in [2.05, 4.69) is 5.32 Å². The Hall–Kier alpha value is -1.81. The lowest BCUT2D eigenvalue weighted by Gasteiger charge is -2.30. The lowest BCUT2D eigenvalue weighted by atomic mass is 10.1. The van der Waals surface area contributed by atoms with E-state index < -0.39 is 37.9 Å². The van der Waals surface area contributed by atoms with Crippen LogP contribution in [0.5, 0.6) is 0 Å². The van der Waals surface area contributed by atoms with Crippen LogP contribution in [0.4, 0.5) is 5.69 Å². The lowest BCUT2D eigenvalue weighted by molar-refractivity contribution is -0.122.